The molecule has 6 heteroatoms. The molecule has 0 atom stereocenters. The van der Waals surface area contributed by atoms with Crippen molar-refractivity contribution in [2.45, 2.75) is 20.3 Å². The Kier molecular flexibility index (Phi) is 4.88. The summed E-state index contributed by atoms with van der Waals surface area (Å²) in [5.74, 6) is 1.01. The number of carbonyl (C=O) groups is 2. The van der Waals surface area contributed by atoms with Crippen LogP contribution in [0.4, 0.5) is 11.4 Å². The van der Waals surface area contributed by atoms with Crippen molar-refractivity contribution in [3.05, 3.63) is 47.5 Å². The summed E-state index contributed by atoms with van der Waals surface area (Å²) in [5.41, 5.74) is 3.37. The van der Waals surface area contributed by atoms with E-state index >= 15 is 0 Å². The molecule has 130 valence electrons. The molecule has 2 amide bonds. The molecule has 3 rings (SSSR count). The summed E-state index contributed by atoms with van der Waals surface area (Å²) in [6, 6.07) is 11.1. The molecule has 0 spiro atoms. The molecule has 0 saturated heterocycles. The molecule has 1 aliphatic heterocycles. The van der Waals surface area contributed by atoms with Gasteiger partial charge in [0.1, 0.15) is 11.5 Å². The smallest absolute Gasteiger partial charge is 0.262 e. The van der Waals surface area contributed by atoms with Crippen LogP contribution in [0.3, 0.4) is 0 Å². The minimum Gasteiger partial charge on any atom is -0.493 e. The van der Waals surface area contributed by atoms with Crippen LogP contribution in [0.2, 0.25) is 0 Å². The van der Waals surface area contributed by atoms with E-state index in [0.29, 0.717) is 23.7 Å². The van der Waals surface area contributed by atoms with E-state index in [2.05, 4.69) is 10.6 Å². The molecule has 0 aromatic heterocycles. The predicted octanol–water partition coefficient (Wildman–Crippen LogP) is 3.04. The van der Waals surface area contributed by atoms with Crippen LogP contribution in [0.15, 0.2) is 36.4 Å². The maximum absolute atomic E-state index is 12.1. The summed E-state index contributed by atoms with van der Waals surface area (Å²) in [5, 5.41) is 5.50. The molecule has 2 N–H and O–H groups in total. The molecule has 0 radical (unpaired) electrons. The van der Waals surface area contributed by atoms with Crippen LogP contribution in [-0.2, 0) is 9.59 Å². The molecule has 2 aromatic carbocycles. The Labute approximate surface area is 146 Å². The molecule has 0 saturated carbocycles. The van der Waals surface area contributed by atoms with E-state index in [1.807, 2.05) is 32.0 Å². The van der Waals surface area contributed by atoms with Crippen molar-refractivity contribution in [3.8, 4) is 11.5 Å². The lowest BCUT2D eigenvalue weighted by Gasteiger charge is -2.18. The molecule has 0 aliphatic carbocycles. The number of anilines is 2. The molecule has 25 heavy (non-hydrogen) atoms. The highest BCUT2D eigenvalue weighted by Crippen LogP contribution is 2.30. The van der Waals surface area contributed by atoms with E-state index < -0.39 is 0 Å². The summed E-state index contributed by atoms with van der Waals surface area (Å²) in [7, 11) is 0. The Morgan fingerprint density at radius 1 is 1.24 bits per heavy atom. The van der Waals surface area contributed by atoms with Crippen LogP contribution in [0.25, 0.3) is 0 Å². The van der Waals surface area contributed by atoms with Crippen LogP contribution in [-0.4, -0.2) is 25.0 Å². The Hall–Kier alpha value is -3.02. The van der Waals surface area contributed by atoms with Crippen molar-refractivity contribution in [1.29, 1.82) is 0 Å². The zero-order valence-electron chi connectivity index (χ0n) is 14.2. The highest BCUT2D eigenvalue weighted by atomic mass is 16.5. The van der Waals surface area contributed by atoms with Gasteiger partial charge in [-0.15, -0.1) is 0 Å². The van der Waals surface area contributed by atoms with E-state index in [0.717, 1.165) is 11.3 Å². The van der Waals surface area contributed by atoms with Crippen molar-refractivity contribution in [1.82, 2.24) is 0 Å². The fourth-order valence-electron chi connectivity index (χ4n) is 2.60. The monoisotopic (exact) mass is 340 g/mol. The Morgan fingerprint density at radius 2 is 2.08 bits per heavy atom. The first-order valence-corrected chi connectivity index (χ1v) is 8.08. The molecule has 6 nitrogen and oxygen atoms in total. The third-order valence-corrected chi connectivity index (χ3v) is 3.81. The van der Waals surface area contributed by atoms with Crippen LogP contribution >= 0.6 is 0 Å². The quantitative estimate of drug-likeness (QED) is 0.877. The van der Waals surface area contributed by atoms with Crippen molar-refractivity contribution in [2.75, 3.05) is 23.8 Å². The van der Waals surface area contributed by atoms with Gasteiger partial charge in [0.05, 0.1) is 18.7 Å². The largest absolute Gasteiger partial charge is 0.493 e. The summed E-state index contributed by atoms with van der Waals surface area (Å²) < 4.78 is 11.0. The predicted molar refractivity (Wildman–Crippen MR) is 95.2 cm³/mol. The molecule has 0 bridgehead atoms. The van der Waals surface area contributed by atoms with Crippen molar-refractivity contribution in [2.24, 2.45) is 0 Å². The number of amides is 2. The van der Waals surface area contributed by atoms with Gasteiger partial charge in [-0.3, -0.25) is 9.59 Å². The lowest BCUT2D eigenvalue weighted by atomic mass is 10.1. The average molecular weight is 340 g/mol. The van der Waals surface area contributed by atoms with E-state index in [1.165, 1.54) is 5.56 Å². The topological polar surface area (TPSA) is 76.7 Å². The lowest BCUT2D eigenvalue weighted by Crippen LogP contribution is -2.25. The number of benzene rings is 2. The summed E-state index contributed by atoms with van der Waals surface area (Å²) in [4.78, 5) is 23.4. The summed E-state index contributed by atoms with van der Waals surface area (Å²) >= 11 is 0. The molecule has 1 aliphatic rings. The number of aryl methyl sites for hydroxylation is 2. The van der Waals surface area contributed by atoms with Gasteiger partial charge in [0.25, 0.3) is 5.91 Å². The van der Waals surface area contributed by atoms with Gasteiger partial charge in [-0.1, -0.05) is 17.7 Å². The number of hydrogen-bond donors (Lipinski definition) is 2. The zero-order valence-corrected chi connectivity index (χ0v) is 14.2. The molecular formula is C19H20N2O4. The van der Waals surface area contributed by atoms with Gasteiger partial charge < -0.3 is 20.1 Å². The highest BCUT2D eigenvalue weighted by molar-refractivity contribution is 5.97. The number of carbonyl (C=O) groups excluding carboxylic acids is 2. The maximum Gasteiger partial charge on any atom is 0.262 e. The van der Waals surface area contributed by atoms with Crippen molar-refractivity contribution < 1.29 is 19.1 Å². The fraction of sp³-hybridized carbons (Fsp3) is 0.263. The molecule has 0 fully saturated rings. The first-order valence-electron chi connectivity index (χ1n) is 8.08. The van der Waals surface area contributed by atoms with Crippen LogP contribution < -0.4 is 20.1 Å². The third-order valence-electron chi connectivity index (χ3n) is 3.81. The highest BCUT2D eigenvalue weighted by Gasteiger charge is 2.16. The van der Waals surface area contributed by atoms with Gasteiger partial charge in [0, 0.05) is 5.69 Å². The van der Waals surface area contributed by atoms with Crippen LogP contribution in [0.5, 0.6) is 11.5 Å². The number of hydrogen-bond acceptors (Lipinski definition) is 4. The van der Waals surface area contributed by atoms with E-state index in [-0.39, 0.29) is 24.8 Å². The number of fused-ring (bicyclic) bond motifs is 1. The number of nitrogens with one attached hydrogen (secondary N) is 2. The number of ether oxygens (including phenoxy) is 2. The second-order valence-electron chi connectivity index (χ2n) is 5.96. The summed E-state index contributed by atoms with van der Waals surface area (Å²) in [6.45, 7) is 4.30. The lowest BCUT2D eigenvalue weighted by molar-refractivity contribution is -0.118. The first-order chi connectivity index (χ1) is 12.0. The van der Waals surface area contributed by atoms with E-state index in [1.54, 1.807) is 18.2 Å². The van der Waals surface area contributed by atoms with Gasteiger partial charge >= 0.3 is 0 Å². The number of rotatable bonds is 5. The minimum atomic E-state index is -0.210. The van der Waals surface area contributed by atoms with Gasteiger partial charge in [-0.25, -0.2) is 0 Å². The van der Waals surface area contributed by atoms with Crippen LogP contribution in [0.1, 0.15) is 17.5 Å². The first kappa shape index (κ1) is 16.8. The maximum atomic E-state index is 12.1. The molecular weight excluding hydrogens is 320 g/mol. The molecule has 2 aromatic rings. The van der Waals surface area contributed by atoms with Crippen molar-refractivity contribution in [3.63, 3.8) is 0 Å². The fourth-order valence-corrected chi connectivity index (χ4v) is 2.60. The van der Waals surface area contributed by atoms with Gasteiger partial charge in [0.15, 0.2) is 6.61 Å². The SMILES string of the molecule is Cc1ccc(OCCC(=O)Nc2ccc3c(c2)NC(=O)CO3)c(C)c1. The second kappa shape index (κ2) is 7.25. The Balaban J connectivity index is 1.52. The molecule has 0 unspecified atom stereocenters. The Morgan fingerprint density at radius 3 is 2.88 bits per heavy atom. The van der Waals surface area contributed by atoms with Gasteiger partial charge in [-0.05, 0) is 43.7 Å². The second-order valence-corrected chi connectivity index (χ2v) is 5.96. The third kappa shape index (κ3) is 4.29. The zero-order chi connectivity index (χ0) is 17.8. The van der Waals surface area contributed by atoms with Gasteiger partial charge in [0.2, 0.25) is 5.91 Å². The minimum absolute atomic E-state index is 0.00840. The van der Waals surface area contributed by atoms with E-state index in [9.17, 15) is 9.59 Å². The Bertz CT molecular complexity index is 817. The molecule has 1 heterocycles. The van der Waals surface area contributed by atoms with Crippen LogP contribution in [0, 0.1) is 13.8 Å². The normalized spacial score (nSPS) is 12.6. The van der Waals surface area contributed by atoms with Crippen molar-refractivity contribution >= 4 is 23.2 Å². The average Bonchev–Trinajstić information content (AvgIpc) is 2.56. The summed E-state index contributed by atoms with van der Waals surface area (Å²) in [6.07, 6.45) is 0.229. The van der Waals surface area contributed by atoms with E-state index in [4.69, 9.17) is 9.47 Å². The van der Waals surface area contributed by atoms with Gasteiger partial charge in [-0.2, -0.15) is 0 Å². The standard InChI is InChI=1S/C19H20N2O4/c1-12-3-5-16(13(2)9-12)24-8-7-18(22)20-14-4-6-17-15(10-14)21-19(23)11-25-17/h3-6,9-10H,7-8,11H2,1-2H3,(H,20,22)(H,21,23).